The molecule has 1 aliphatic heterocycles. The highest BCUT2D eigenvalue weighted by Crippen LogP contribution is 2.47. The number of para-hydroxylation sites is 1. The van der Waals surface area contributed by atoms with Crippen molar-refractivity contribution >= 4 is 0 Å². The van der Waals surface area contributed by atoms with Crippen molar-refractivity contribution in [2.75, 3.05) is 7.11 Å². The van der Waals surface area contributed by atoms with Gasteiger partial charge in [0, 0.05) is 12.0 Å². The maximum absolute atomic E-state index is 6.23. The highest BCUT2D eigenvalue weighted by molar-refractivity contribution is 5.50. The topological polar surface area (TPSA) is 18.5 Å². The van der Waals surface area contributed by atoms with Gasteiger partial charge in [-0.25, -0.2) is 0 Å². The Balaban J connectivity index is 1.93. The predicted molar refractivity (Wildman–Crippen MR) is 63.1 cm³/mol. The lowest BCUT2D eigenvalue weighted by Gasteiger charge is -2.32. The molecule has 0 radical (unpaired) electrons. The van der Waals surface area contributed by atoms with E-state index in [1.54, 1.807) is 7.11 Å². The molecule has 1 fully saturated rings. The Bertz CT molecular complexity index is 392. The molecule has 2 aliphatic rings. The van der Waals surface area contributed by atoms with E-state index in [2.05, 4.69) is 12.1 Å². The number of methoxy groups -OCH3 is 1. The summed E-state index contributed by atoms with van der Waals surface area (Å²) in [5.74, 6) is 1.88. The van der Waals surface area contributed by atoms with Gasteiger partial charge in [-0.3, -0.25) is 0 Å². The molecule has 0 atom stereocenters. The third-order valence-electron chi connectivity index (χ3n) is 3.88. The second-order valence-electron chi connectivity index (χ2n) is 4.97. The molecular formula is C14H18O2. The van der Waals surface area contributed by atoms with Crippen molar-refractivity contribution in [2.24, 2.45) is 0 Å². The zero-order chi connectivity index (χ0) is 11.0. The Kier molecular flexibility index (Phi) is 2.31. The molecule has 0 aromatic heterocycles. The van der Waals surface area contributed by atoms with E-state index >= 15 is 0 Å². The normalized spacial score (nSPS) is 21.6. The van der Waals surface area contributed by atoms with Crippen LogP contribution in [0, 0.1) is 0 Å². The summed E-state index contributed by atoms with van der Waals surface area (Å²) in [6.07, 6.45) is 7.43. The summed E-state index contributed by atoms with van der Waals surface area (Å²) in [5, 5.41) is 0. The lowest BCUT2D eigenvalue weighted by Crippen LogP contribution is -2.36. The molecule has 1 aromatic carbocycles. The van der Waals surface area contributed by atoms with Gasteiger partial charge < -0.3 is 9.47 Å². The molecule has 2 nitrogen and oxygen atoms in total. The van der Waals surface area contributed by atoms with Gasteiger partial charge in [0.2, 0.25) is 0 Å². The van der Waals surface area contributed by atoms with Crippen LogP contribution in [0.2, 0.25) is 0 Å². The van der Waals surface area contributed by atoms with Crippen LogP contribution < -0.4 is 9.47 Å². The Hall–Kier alpha value is -1.18. The first-order chi connectivity index (χ1) is 7.83. The lowest BCUT2D eigenvalue weighted by atomic mass is 9.82. The molecular weight excluding hydrogens is 200 g/mol. The number of hydrogen-bond donors (Lipinski definition) is 0. The Labute approximate surface area is 96.6 Å². The molecule has 0 unspecified atom stereocenters. The molecule has 16 heavy (non-hydrogen) atoms. The summed E-state index contributed by atoms with van der Waals surface area (Å²) in [7, 11) is 1.71. The Morgan fingerprint density at radius 3 is 2.75 bits per heavy atom. The van der Waals surface area contributed by atoms with Crippen molar-refractivity contribution in [1.82, 2.24) is 0 Å². The fourth-order valence-corrected chi connectivity index (χ4v) is 3.05. The van der Waals surface area contributed by atoms with Crippen LogP contribution in [0.3, 0.4) is 0 Å². The van der Waals surface area contributed by atoms with E-state index in [4.69, 9.17) is 9.47 Å². The van der Waals surface area contributed by atoms with Gasteiger partial charge >= 0.3 is 0 Å². The smallest absolute Gasteiger partial charge is 0.165 e. The van der Waals surface area contributed by atoms with Gasteiger partial charge in [-0.1, -0.05) is 18.6 Å². The zero-order valence-corrected chi connectivity index (χ0v) is 9.79. The number of ether oxygens (including phenoxy) is 2. The molecule has 86 valence electrons. The SMILES string of the molecule is COc1cccc2c1OC1(CCCCC1)C2. The van der Waals surface area contributed by atoms with Crippen LogP contribution in [0.5, 0.6) is 11.5 Å². The first-order valence-electron chi connectivity index (χ1n) is 6.18. The Morgan fingerprint density at radius 1 is 1.19 bits per heavy atom. The van der Waals surface area contributed by atoms with Crippen LogP contribution in [0.15, 0.2) is 18.2 Å². The minimum absolute atomic E-state index is 0.0925. The monoisotopic (exact) mass is 218 g/mol. The second-order valence-corrected chi connectivity index (χ2v) is 4.97. The van der Waals surface area contributed by atoms with E-state index in [0.717, 1.165) is 17.9 Å². The highest BCUT2D eigenvalue weighted by atomic mass is 16.5. The van der Waals surface area contributed by atoms with Crippen LogP contribution in [0.1, 0.15) is 37.7 Å². The molecule has 1 aliphatic carbocycles. The average molecular weight is 218 g/mol. The third kappa shape index (κ3) is 1.48. The number of benzene rings is 1. The largest absolute Gasteiger partial charge is 0.493 e. The first kappa shape index (κ1) is 10.0. The molecule has 1 spiro atoms. The lowest BCUT2D eigenvalue weighted by molar-refractivity contribution is 0.0507. The molecule has 1 heterocycles. The molecule has 0 saturated heterocycles. The average Bonchev–Trinajstić information content (AvgIpc) is 2.67. The fourth-order valence-electron chi connectivity index (χ4n) is 3.05. The summed E-state index contributed by atoms with van der Waals surface area (Å²) in [4.78, 5) is 0. The summed E-state index contributed by atoms with van der Waals surface area (Å²) < 4.78 is 11.6. The maximum atomic E-state index is 6.23. The Morgan fingerprint density at radius 2 is 2.00 bits per heavy atom. The van der Waals surface area contributed by atoms with E-state index < -0.39 is 0 Å². The van der Waals surface area contributed by atoms with Crippen molar-refractivity contribution in [3.05, 3.63) is 23.8 Å². The number of fused-ring (bicyclic) bond motifs is 1. The number of hydrogen-bond acceptors (Lipinski definition) is 2. The molecule has 1 aromatic rings. The molecule has 0 bridgehead atoms. The van der Waals surface area contributed by atoms with Crippen LogP contribution in [-0.2, 0) is 6.42 Å². The minimum atomic E-state index is 0.0925. The van der Waals surface area contributed by atoms with Crippen LogP contribution >= 0.6 is 0 Å². The summed E-state index contributed by atoms with van der Waals surface area (Å²) in [5.41, 5.74) is 1.41. The standard InChI is InChI=1S/C14H18O2/c1-15-12-7-5-6-11-10-14(16-13(11)12)8-3-2-4-9-14/h5-7H,2-4,8-10H2,1H3. The summed E-state index contributed by atoms with van der Waals surface area (Å²) in [6, 6.07) is 6.21. The van der Waals surface area contributed by atoms with E-state index in [0.29, 0.717) is 0 Å². The molecule has 1 saturated carbocycles. The number of rotatable bonds is 1. The summed E-state index contributed by atoms with van der Waals surface area (Å²) in [6.45, 7) is 0. The van der Waals surface area contributed by atoms with Gasteiger partial charge in [0.1, 0.15) is 5.60 Å². The maximum Gasteiger partial charge on any atom is 0.165 e. The van der Waals surface area contributed by atoms with Gasteiger partial charge in [-0.15, -0.1) is 0 Å². The van der Waals surface area contributed by atoms with Gasteiger partial charge in [-0.2, -0.15) is 0 Å². The third-order valence-corrected chi connectivity index (χ3v) is 3.88. The fraction of sp³-hybridized carbons (Fsp3) is 0.571. The van der Waals surface area contributed by atoms with E-state index in [1.165, 1.54) is 37.7 Å². The van der Waals surface area contributed by atoms with Crippen molar-refractivity contribution in [1.29, 1.82) is 0 Å². The van der Waals surface area contributed by atoms with Crippen molar-refractivity contribution < 1.29 is 9.47 Å². The molecule has 0 amide bonds. The van der Waals surface area contributed by atoms with E-state index in [-0.39, 0.29) is 5.60 Å². The van der Waals surface area contributed by atoms with E-state index in [1.807, 2.05) is 6.07 Å². The van der Waals surface area contributed by atoms with Gasteiger partial charge in [-0.05, 0) is 31.7 Å². The predicted octanol–water partition coefficient (Wildman–Crippen LogP) is 3.33. The second kappa shape index (κ2) is 3.69. The van der Waals surface area contributed by atoms with Crippen molar-refractivity contribution in [3.8, 4) is 11.5 Å². The van der Waals surface area contributed by atoms with Crippen molar-refractivity contribution in [2.45, 2.75) is 44.1 Å². The molecule has 0 N–H and O–H groups in total. The van der Waals surface area contributed by atoms with Gasteiger partial charge in [0.25, 0.3) is 0 Å². The minimum Gasteiger partial charge on any atom is -0.493 e. The van der Waals surface area contributed by atoms with Crippen LogP contribution in [0.25, 0.3) is 0 Å². The molecule has 2 heteroatoms. The van der Waals surface area contributed by atoms with Crippen molar-refractivity contribution in [3.63, 3.8) is 0 Å². The van der Waals surface area contributed by atoms with E-state index in [9.17, 15) is 0 Å². The van der Waals surface area contributed by atoms with Crippen LogP contribution in [-0.4, -0.2) is 12.7 Å². The van der Waals surface area contributed by atoms with Crippen LogP contribution in [0.4, 0.5) is 0 Å². The molecule has 3 rings (SSSR count). The summed E-state index contributed by atoms with van der Waals surface area (Å²) >= 11 is 0. The van der Waals surface area contributed by atoms with Gasteiger partial charge in [0.05, 0.1) is 7.11 Å². The first-order valence-corrected chi connectivity index (χ1v) is 6.18. The highest BCUT2D eigenvalue weighted by Gasteiger charge is 2.41. The van der Waals surface area contributed by atoms with Gasteiger partial charge in [0.15, 0.2) is 11.5 Å². The zero-order valence-electron chi connectivity index (χ0n) is 9.79. The quantitative estimate of drug-likeness (QED) is 0.719.